The summed E-state index contributed by atoms with van der Waals surface area (Å²) in [4.78, 5) is 11.1. The van der Waals surface area contributed by atoms with Crippen molar-refractivity contribution >= 4 is 17.3 Å². The van der Waals surface area contributed by atoms with E-state index in [0.29, 0.717) is 0 Å². The minimum Gasteiger partial charge on any atom is -0.381 e. The molecule has 104 valence electrons. The molecule has 0 saturated carbocycles. The smallest absolute Gasteiger partial charge is 0.221 e. The van der Waals surface area contributed by atoms with Gasteiger partial charge >= 0.3 is 0 Å². The van der Waals surface area contributed by atoms with Gasteiger partial charge in [-0.05, 0) is 43.2 Å². The van der Waals surface area contributed by atoms with E-state index in [1.54, 1.807) is 0 Å². The SMILES string of the molecule is CC(=O)Nc1ccc(NCc2ccc(C)cc2)cc1C. The number of carbonyl (C=O) groups is 1. The van der Waals surface area contributed by atoms with Gasteiger partial charge in [0.25, 0.3) is 0 Å². The Morgan fingerprint density at radius 3 is 2.35 bits per heavy atom. The number of aryl methyl sites for hydroxylation is 2. The monoisotopic (exact) mass is 268 g/mol. The average Bonchev–Trinajstić information content (AvgIpc) is 2.40. The zero-order chi connectivity index (χ0) is 14.5. The number of amides is 1. The highest BCUT2D eigenvalue weighted by Crippen LogP contribution is 2.20. The van der Waals surface area contributed by atoms with Gasteiger partial charge in [0, 0.05) is 24.8 Å². The summed E-state index contributed by atoms with van der Waals surface area (Å²) in [5, 5.41) is 6.20. The maximum atomic E-state index is 11.1. The van der Waals surface area contributed by atoms with Crippen molar-refractivity contribution in [3.05, 3.63) is 59.2 Å². The summed E-state index contributed by atoms with van der Waals surface area (Å²) in [7, 11) is 0. The number of anilines is 2. The normalized spacial score (nSPS) is 10.2. The van der Waals surface area contributed by atoms with Crippen molar-refractivity contribution in [2.24, 2.45) is 0 Å². The van der Waals surface area contributed by atoms with Crippen molar-refractivity contribution in [2.45, 2.75) is 27.3 Å². The molecule has 0 bridgehead atoms. The lowest BCUT2D eigenvalue weighted by Gasteiger charge is -2.11. The molecule has 2 rings (SSSR count). The molecule has 1 amide bonds. The van der Waals surface area contributed by atoms with E-state index in [-0.39, 0.29) is 5.91 Å². The lowest BCUT2D eigenvalue weighted by atomic mass is 10.1. The molecule has 0 aliphatic carbocycles. The van der Waals surface area contributed by atoms with Crippen molar-refractivity contribution in [2.75, 3.05) is 10.6 Å². The molecule has 0 aromatic heterocycles. The van der Waals surface area contributed by atoms with Gasteiger partial charge in [-0.15, -0.1) is 0 Å². The van der Waals surface area contributed by atoms with E-state index in [9.17, 15) is 4.79 Å². The summed E-state index contributed by atoms with van der Waals surface area (Å²) in [5.41, 5.74) is 5.48. The second-order valence-corrected chi connectivity index (χ2v) is 5.05. The molecule has 0 unspecified atom stereocenters. The molecule has 3 nitrogen and oxygen atoms in total. The van der Waals surface area contributed by atoms with Gasteiger partial charge < -0.3 is 10.6 Å². The van der Waals surface area contributed by atoms with Crippen LogP contribution in [0, 0.1) is 13.8 Å². The summed E-state index contributed by atoms with van der Waals surface area (Å²) in [6.45, 7) is 6.38. The number of benzene rings is 2. The zero-order valence-corrected chi connectivity index (χ0v) is 12.2. The van der Waals surface area contributed by atoms with Crippen molar-refractivity contribution in [3.63, 3.8) is 0 Å². The van der Waals surface area contributed by atoms with Gasteiger partial charge in [0.1, 0.15) is 0 Å². The van der Waals surface area contributed by atoms with Crippen LogP contribution in [0.5, 0.6) is 0 Å². The van der Waals surface area contributed by atoms with Crippen molar-refractivity contribution < 1.29 is 4.79 Å². The van der Waals surface area contributed by atoms with Gasteiger partial charge in [-0.25, -0.2) is 0 Å². The van der Waals surface area contributed by atoms with Gasteiger partial charge in [0.05, 0.1) is 0 Å². The Kier molecular flexibility index (Phi) is 4.41. The Morgan fingerprint density at radius 1 is 1.05 bits per heavy atom. The largest absolute Gasteiger partial charge is 0.381 e. The number of rotatable bonds is 4. The highest BCUT2D eigenvalue weighted by molar-refractivity contribution is 5.89. The van der Waals surface area contributed by atoms with E-state index in [4.69, 9.17) is 0 Å². The number of hydrogen-bond donors (Lipinski definition) is 2. The maximum absolute atomic E-state index is 11.1. The second kappa shape index (κ2) is 6.24. The molecular weight excluding hydrogens is 248 g/mol. The van der Waals surface area contributed by atoms with E-state index in [0.717, 1.165) is 23.5 Å². The molecule has 0 heterocycles. The summed E-state index contributed by atoms with van der Waals surface area (Å²) < 4.78 is 0. The fourth-order valence-electron chi connectivity index (χ4n) is 2.01. The lowest BCUT2D eigenvalue weighted by Crippen LogP contribution is -2.07. The number of carbonyl (C=O) groups excluding carboxylic acids is 1. The fraction of sp³-hybridized carbons (Fsp3) is 0.235. The summed E-state index contributed by atoms with van der Waals surface area (Å²) in [5.74, 6) is -0.0477. The molecule has 0 radical (unpaired) electrons. The van der Waals surface area contributed by atoms with E-state index < -0.39 is 0 Å². The Bertz CT molecular complexity index is 603. The fourth-order valence-corrected chi connectivity index (χ4v) is 2.01. The Hall–Kier alpha value is -2.29. The molecule has 2 aromatic carbocycles. The summed E-state index contributed by atoms with van der Waals surface area (Å²) in [6, 6.07) is 14.4. The predicted molar refractivity (Wildman–Crippen MR) is 84.0 cm³/mol. The molecular formula is C17H20N2O. The minimum atomic E-state index is -0.0477. The third kappa shape index (κ3) is 3.85. The summed E-state index contributed by atoms with van der Waals surface area (Å²) in [6.07, 6.45) is 0. The molecule has 0 atom stereocenters. The quantitative estimate of drug-likeness (QED) is 0.883. The predicted octanol–water partition coefficient (Wildman–Crippen LogP) is 3.87. The van der Waals surface area contributed by atoms with E-state index in [1.807, 2.05) is 25.1 Å². The molecule has 3 heteroatoms. The lowest BCUT2D eigenvalue weighted by molar-refractivity contribution is -0.114. The van der Waals surface area contributed by atoms with Crippen LogP contribution in [0.3, 0.4) is 0 Å². The van der Waals surface area contributed by atoms with E-state index in [1.165, 1.54) is 18.1 Å². The first-order valence-electron chi connectivity index (χ1n) is 6.72. The Labute approximate surface area is 120 Å². The third-order valence-electron chi connectivity index (χ3n) is 3.15. The van der Waals surface area contributed by atoms with Crippen LogP contribution in [0.25, 0.3) is 0 Å². The average molecular weight is 268 g/mol. The van der Waals surface area contributed by atoms with Crippen LogP contribution in [0.1, 0.15) is 23.6 Å². The second-order valence-electron chi connectivity index (χ2n) is 5.05. The summed E-state index contributed by atoms with van der Waals surface area (Å²) >= 11 is 0. The molecule has 0 aliphatic heterocycles. The van der Waals surface area contributed by atoms with Crippen LogP contribution in [0.2, 0.25) is 0 Å². The van der Waals surface area contributed by atoms with Crippen molar-refractivity contribution in [1.82, 2.24) is 0 Å². The molecule has 2 N–H and O–H groups in total. The molecule has 0 saturated heterocycles. The highest BCUT2D eigenvalue weighted by atomic mass is 16.1. The van der Waals surface area contributed by atoms with Crippen LogP contribution in [0.15, 0.2) is 42.5 Å². The first kappa shape index (κ1) is 14.1. The highest BCUT2D eigenvalue weighted by Gasteiger charge is 2.01. The molecule has 0 spiro atoms. The topological polar surface area (TPSA) is 41.1 Å². The van der Waals surface area contributed by atoms with Gasteiger partial charge in [-0.2, -0.15) is 0 Å². The number of nitrogens with one attached hydrogen (secondary N) is 2. The van der Waals surface area contributed by atoms with Crippen molar-refractivity contribution in [1.29, 1.82) is 0 Å². The molecule has 20 heavy (non-hydrogen) atoms. The van der Waals surface area contributed by atoms with Gasteiger partial charge in [-0.3, -0.25) is 4.79 Å². The van der Waals surface area contributed by atoms with Crippen LogP contribution in [0.4, 0.5) is 11.4 Å². The minimum absolute atomic E-state index is 0.0477. The maximum Gasteiger partial charge on any atom is 0.221 e. The van der Waals surface area contributed by atoms with Crippen LogP contribution in [-0.2, 0) is 11.3 Å². The van der Waals surface area contributed by atoms with Gasteiger partial charge in [0.15, 0.2) is 0 Å². The van der Waals surface area contributed by atoms with Crippen LogP contribution in [-0.4, -0.2) is 5.91 Å². The van der Waals surface area contributed by atoms with Gasteiger partial charge in [-0.1, -0.05) is 29.8 Å². The standard InChI is InChI=1S/C17H20N2O/c1-12-4-6-15(7-5-12)11-18-16-8-9-17(13(2)10-16)19-14(3)20/h4-10,18H,11H2,1-3H3,(H,19,20). The first-order chi connectivity index (χ1) is 9.54. The Morgan fingerprint density at radius 2 is 1.75 bits per heavy atom. The van der Waals surface area contributed by atoms with Crippen LogP contribution < -0.4 is 10.6 Å². The van der Waals surface area contributed by atoms with Crippen LogP contribution >= 0.6 is 0 Å². The van der Waals surface area contributed by atoms with E-state index in [2.05, 4.69) is 41.8 Å². The third-order valence-corrected chi connectivity index (χ3v) is 3.15. The molecule has 0 fully saturated rings. The first-order valence-corrected chi connectivity index (χ1v) is 6.72. The Balaban J connectivity index is 2.01. The van der Waals surface area contributed by atoms with Gasteiger partial charge in [0.2, 0.25) is 5.91 Å². The van der Waals surface area contributed by atoms with E-state index >= 15 is 0 Å². The van der Waals surface area contributed by atoms with Crippen molar-refractivity contribution in [3.8, 4) is 0 Å². The molecule has 0 aliphatic rings. The molecule has 2 aromatic rings. The zero-order valence-electron chi connectivity index (χ0n) is 12.2. The number of hydrogen-bond acceptors (Lipinski definition) is 2.